The molecule has 11 nitrogen and oxygen atoms in total. The normalized spacial score (nSPS) is 16.2. The fourth-order valence-electron chi connectivity index (χ4n) is 2.10. The van der Waals surface area contributed by atoms with Gasteiger partial charge in [-0.15, -0.1) is 0 Å². The van der Waals surface area contributed by atoms with Crippen molar-refractivity contribution in [1.29, 1.82) is 0 Å². The van der Waals surface area contributed by atoms with Gasteiger partial charge in [0.25, 0.3) is 23.6 Å². The topological polar surface area (TPSA) is 126 Å². The maximum Gasteiger partial charge on any atom is 0.560 e. The van der Waals surface area contributed by atoms with Crippen molar-refractivity contribution in [2.45, 2.75) is 25.7 Å². The molecule has 4 amide bonds. The van der Waals surface area contributed by atoms with Crippen LogP contribution in [-0.2, 0) is 28.9 Å². The van der Waals surface area contributed by atoms with E-state index in [-0.39, 0.29) is 35.8 Å². The van der Waals surface area contributed by atoms with Crippen molar-refractivity contribution in [2.24, 2.45) is 0 Å². The molecule has 3 rings (SSSR count). The van der Waals surface area contributed by atoms with Gasteiger partial charge in [-0.3, -0.25) is 28.9 Å². The van der Waals surface area contributed by atoms with E-state index in [1.165, 1.54) is 0 Å². The van der Waals surface area contributed by atoms with E-state index in [1.54, 1.807) is 6.20 Å². The Morgan fingerprint density at radius 3 is 1.63 bits per heavy atom. The quantitative estimate of drug-likeness (QED) is 0.687. The smallest absolute Gasteiger partial charge is 0.363 e. The van der Waals surface area contributed by atoms with E-state index in [9.17, 15) is 24.0 Å². The Kier molecular flexibility index (Phi) is 6.41. The van der Waals surface area contributed by atoms with Gasteiger partial charge in [-0.25, -0.2) is 4.98 Å². The molecule has 0 unspecified atom stereocenters. The summed E-state index contributed by atoms with van der Waals surface area (Å²) in [6, 6.07) is 5.86. The largest absolute Gasteiger partial charge is 0.560 e. The molecule has 0 spiro atoms. The SMILES string of the molecule is CN(C)c1ccccn1.O=C(ON1C(=O)CCC1=O)ON1C(=O)CCC1=O. The Morgan fingerprint density at radius 2 is 1.33 bits per heavy atom. The first-order valence-electron chi connectivity index (χ1n) is 7.99. The van der Waals surface area contributed by atoms with E-state index in [2.05, 4.69) is 14.7 Å². The highest BCUT2D eigenvalue weighted by Crippen LogP contribution is 2.15. The predicted octanol–water partition coefficient (Wildman–Crippen LogP) is 0.415. The minimum absolute atomic E-state index is 0.0618. The van der Waals surface area contributed by atoms with Crippen LogP contribution in [0.2, 0.25) is 0 Å². The number of hydroxylamine groups is 4. The van der Waals surface area contributed by atoms with Crippen molar-refractivity contribution in [1.82, 2.24) is 15.1 Å². The van der Waals surface area contributed by atoms with Crippen LogP contribution in [0.4, 0.5) is 10.6 Å². The molecule has 1 aromatic rings. The summed E-state index contributed by atoms with van der Waals surface area (Å²) in [6.07, 6.45) is 0.0557. The summed E-state index contributed by atoms with van der Waals surface area (Å²) in [7, 11) is 3.95. The molecule has 144 valence electrons. The number of hydrogen-bond acceptors (Lipinski definition) is 9. The van der Waals surface area contributed by atoms with Crippen LogP contribution >= 0.6 is 0 Å². The van der Waals surface area contributed by atoms with E-state index in [1.807, 2.05) is 37.2 Å². The second-order valence-corrected chi connectivity index (χ2v) is 5.68. The van der Waals surface area contributed by atoms with Crippen LogP contribution in [0.1, 0.15) is 25.7 Å². The van der Waals surface area contributed by atoms with E-state index < -0.39 is 29.8 Å². The van der Waals surface area contributed by atoms with Crippen LogP contribution in [0.25, 0.3) is 0 Å². The second kappa shape index (κ2) is 8.74. The number of nitrogens with zero attached hydrogens (tertiary/aromatic N) is 4. The number of amides is 4. The number of pyridine rings is 1. The Hall–Kier alpha value is -3.50. The Balaban J connectivity index is 0.000000244. The van der Waals surface area contributed by atoms with E-state index >= 15 is 0 Å². The van der Waals surface area contributed by atoms with Crippen molar-refractivity contribution >= 4 is 35.6 Å². The molecule has 0 saturated carbocycles. The molecule has 0 atom stereocenters. The van der Waals surface area contributed by atoms with Crippen LogP contribution in [-0.4, -0.2) is 59.0 Å². The van der Waals surface area contributed by atoms with Gasteiger partial charge < -0.3 is 4.90 Å². The molecule has 2 fully saturated rings. The average Bonchev–Trinajstić information content (AvgIpc) is 3.13. The van der Waals surface area contributed by atoms with Crippen molar-refractivity contribution in [3.8, 4) is 0 Å². The Bertz CT molecular complexity index is 678. The minimum atomic E-state index is -1.48. The van der Waals surface area contributed by atoms with Gasteiger partial charge in [0.05, 0.1) is 0 Å². The first-order valence-corrected chi connectivity index (χ1v) is 7.99. The third kappa shape index (κ3) is 5.23. The Labute approximate surface area is 154 Å². The average molecular weight is 378 g/mol. The summed E-state index contributed by atoms with van der Waals surface area (Å²) in [6.45, 7) is 0. The summed E-state index contributed by atoms with van der Waals surface area (Å²) in [5.41, 5.74) is 0. The third-order valence-electron chi connectivity index (χ3n) is 3.45. The van der Waals surface area contributed by atoms with E-state index in [0.717, 1.165) is 5.82 Å². The van der Waals surface area contributed by atoms with Crippen LogP contribution in [0.5, 0.6) is 0 Å². The highest BCUT2D eigenvalue weighted by Gasteiger charge is 2.37. The fourth-order valence-corrected chi connectivity index (χ4v) is 2.10. The highest BCUT2D eigenvalue weighted by molar-refractivity contribution is 6.02. The van der Waals surface area contributed by atoms with E-state index in [0.29, 0.717) is 0 Å². The summed E-state index contributed by atoms with van der Waals surface area (Å²) in [5.74, 6) is -1.74. The molecular weight excluding hydrogens is 360 g/mol. The van der Waals surface area contributed by atoms with Crippen molar-refractivity contribution in [3.63, 3.8) is 0 Å². The number of hydrogen-bond donors (Lipinski definition) is 0. The lowest BCUT2D eigenvalue weighted by Gasteiger charge is -2.15. The monoisotopic (exact) mass is 378 g/mol. The van der Waals surface area contributed by atoms with Gasteiger partial charge in [0, 0.05) is 46.0 Å². The first kappa shape index (κ1) is 19.8. The molecule has 3 heterocycles. The molecular formula is C16H18N4O7. The molecule has 2 aliphatic heterocycles. The van der Waals surface area contributed by atoms with Crippen molar-refractivity contribution < 1.29 is 33.6 Å². The number of imide groups is 2. The summed E-state index contributed by atoms with van der Waals surface area (Å²) in [5, 5.41) is 0.515. The van der Waals surface area contributed by atoms with Gasteiger partial charge in [-0.05, 0) is 12.1 Å². The molecule has 0 N–H and O–H groups in total. The molecule has 2 saturated heterocycles. The summed E-state index contributed by atoms with van der Waals surface area (Å²) >= 11 is 0. The zero-order valence-electron chi connectivity index (χ0n) is 14.8. The van der Waals surface area contributed by atoms with Crippen LogP contribution in [0, 0.1) is 0 Å². The summed E-state index contributed by atoms with van der Waals surface area (Å²) < 4.78 is 0. The molecule has 0 aliphatic carbocycles. The zero-order valence-corrected chi connectivity index (χ0v) is 14.8. The lowest BCUT2D eigenvalue weighted by molar-refractivity contribution is -0.198. The number of carbonyl (C=O) groups excluding carboxylic acids is 5. The third-order valence-corrected chi connectivity index (χ3v) is 3.45. The van der Waals surface area contributed by atoms with Gasteiger partial charge in [0.1, 0.15) is 5.82 Å². The van der Waals surface area contributed by atoms with E-state index in [4.69, 9.17) is 0 Å². The molecule has 1 aromatic heterocycles. The van der Waals surface area contributed by atoms with Crippen molar-refractivity contribution in [3.05, 3.63) is 24.4 Å². The van der Waals surface area contributed by atoms with Gasteiger partial charge in [-0.1, -0.05) is 16.2 Å². The van der Waals surface area contributed by atoms with Gasteiger partial charge in [0.2, 0.25) is 0 Å². The maximum absolute atomic E-state index is 11.2. The van der Waals surface area contributed by atoms with Gasteiger partial charge >= 0.3 is 6.16 Å². The first-order chi connectivity index (χ1) is 12.8. The van der Waals surface area contributed by atoms with Crippen LogP contribution in [0.3, 0.4) is 0 Å². The Morgan fingerprint density at radius 1 is 0.889 bits per heavy atom. The fraction of sp³-hybridized carbons (Fsp3) is 0.375. The predicted molar refractivity (Wildman–Crippen MR) is 88.3 cm³/mol. The number of anilines is 1. The van der Waals surface area contributed by atoms with Crippen molar-refractivity contribution in [2.75, 3.05) is 19.0 Å². The van der Waals surface area contributed by atoms with Crippen LogP contribution < -0.4 is 4.90 Å². The van der Waals surface area contributed by atoms with Gasteiger partial charge in [-0.2, -0.15) is 4.79 Å². The molecule has 0 aromatic carbocycles. The molecule has 0 radical (unpaired) electrons. The van der Waals surface area contributed by atoms with Crippen LogP contribution in [0.15, 0.2) is 24.4 Å². The number of carbonyl (C=O) groups is 5. The lowest BCUT2D eigenvalue weighted by Crippen LogP contribution is -2.37. The molecule has 2 aliphatic rings. The summed E-state index contributed by atoms with van der Waals surface area (Å²) in [4.78, 5) is 70.4. The standard InChI is InChI=1S/C9H8N2O7.C7H10N2/c12-5-1-2-6(13)10(5)17-9(16)18-11-7(14)3-4-8(11)15;1-9(2)7-5-3-4-6-8-7/h1-4H2;3-6H,1-2H3. The molecule has 0 bridgehead atoms. The number of rotatable bonds is 3. The molecule has 27 heavy (non-hydrogen) atoms. The highest BCUT2D eigenvalue weighted by atomic mass is 16.9. The zero-order chi connectivity index (χ0) is 20.0. The minimum Gasteiger partial charge on any atom is -0.363 e. The second-order valence-electron chi connectivity index (χ2n) is 5.68. The molecule has 11 heteroatoms. The van der Waals surface area contributed by atoms with Gasteiger partial charge in [0.15, 0.2) is 0 Å². The lowest BCUT2D eigenvalue weighted by atomic mass is 10.4. The maximum atomic E-state index is 11.2. The number of aromatic nitrogens is 1.